The molecule has 58 valence electrons. The minimum Gasteiger partial charge on any atom is -0.505 e. The summed E-state index contributed by atoms with van der Waals surface area (Å²) in [7, 11) is 0. The van der Waals surface area contributed by atoms with Crippen molar-refractivity contribution in [2.45, 2.75) is 6.42 Å². The molecule has 1 aromatic carbocycles. The summed E-state index contributed by atoms with van der Waals surface area (Å²) < 4.78 is 17.7. The summed E-state index contributed by atoms with van der Waals surface area (Å²) in [6.45, 7) is 0.582. The maximum atomic E-state index is 12.6. The Balaban J connectivity index is 2.57. The van der Waals surface area contributed by atoms with Crippen LogP contribution in [0.2, 0.25) is 0 Å². The second kappa shape index (κ2) is 2.12. The van der Waals surface area contributed by atoms with Gasteiger partial charge in [-0.25, -0.2) is 4.39 Å². The van der Waals surface area contributed by atoms with E-state index in [9.17, 15) is 4.39 Å². The quantitative estimate of drug-likeness (QED) is 0.613. The van der Waals surface area contributed by atoms with Gasteiger partial charge < -0.3 is 9.84 Å². The first kappa shape index (κ1) is 6.46. The molecule has 1 heterocycles. The largest absolute Gasteiger partial charge is 0.505 e. The van der Waals surface area contributed by atoms with Crippen LogP contribution in [0, 0.1) is 5.82 Å². The molecule has 0 aliphatic carbocycles. The van der Waals surface area contributed by atoms with Crippen LogP contribution in [0.4, 0.5) is 4.39 Å². The van der Waals surface area contributed by atoms with E-state index in [1.54, 1.807) is 0 Å². The van der Waals surface area contributed by atoms with E-state index in [4.69, 9.17) is 9.84 Å². The highest BCUT2D eigenvalue weighted by Gasteiger charge is 2.14. The number of hydrogen-bond acceptors (Lipinski definition) is 2. The third kappa shape index (κ3) is 0.926. The number of phenols is 1. The van der Waals surface area contributed by atoms with Gasteiger partial charge in [-0.1, -0.05) is 0 Å². The molecule has 0 unspecified atom stereocenters. The number of ether oxygens (including phenoxy) is 1. The number of benzene rings is 1. The Labute approximate surface area is 63.2 Å². The van der Waals surface area contributed by atoms with E-state index in [2.05, 4.69) is 0 Å². The zero-order chi connectivity index (χ0) is 7.84. The zero-order valence-corrected chi connectivity index (χ0v) is 5.80. The van der Waals surface area contributed by atoms with Crippen molar-refractivity contribution in [2.24, 2.45) is 0 Å². The fraction of sp³-hybridized carbons (Fsp3) is 0.250. The van der Waals surface area contributed by atoms with Crippen LogP contribution in [-0.2, 0) is 6.42 Å². The fourth-order valence-electron chi connectivity index (χ4n) is 1.19. The van der Waals surface area contributed by atoms with E-state index in [1.165, 1.54) is 12.1 Å². The summed E-state index contributed by atoms with van der Waals surface area (Å²) in [6, 6.07) is 2.63. The number of halogens is 1. The molecule has 1 aliphatic rings. The van der Waals surface area contributed by atoms with Crippen molar-refractivity contribution >= 4 is 0 Å². The van der Waals surface area contributed by atoms with Crippen molar-refractivity contribution in [3.63, 3.8) is 0 Å². The highest BCUT2D eigenvalue weighted by Crippen LogP contribution is 2.30. The van der Waals surface area contributed by atoms with Gasteiger partial charge in [-0.15, -0.1) is 0 Å². The molecule has 2 nitrogen and oxygen atoms in total. The first-order valence-electron chi connectivity index (χ1n) is 3.41. The number of hydrogen-bond donors (Lipinski definition) is 1. The number of aromatic hydroxyl groups is 1. The smallest absolute Gasteiger partial charge is 0.168 e. The highest BCUT2D eigenvalue weighted by molar-refractivity contribution is 5.42. The Morgan fingerprint density at radius 1 is 1.45 bits per heavy atom. The van der Waals surface area contributed by atoms with E-state index < -0.39 is 5.82 Å². The van der Waals surface area contributed by atoms with Gasteiger partial charge >= 0.3 is 0 Å². The standard InChI is InChI=1S/C8H7FO2/c9-6-4-8-5(1-2-11-8)3-7(6)10/h3-4,10H,1-2H2. The molecule has 0 atom stereocenters. The summed E-state index contributed by atoms with van der Waals surface area (Å²) in [5.41, 5.74) is 0.879. The van der Waals surface area contributed by atoms with Crippen molar-refractivity contribution in [3.05, 3.63) is 23.5 Å². The van der Waals surface area contributed by atoms with Gasteiger partial charge in [-0.3, -0.25) is 0 Å². The first-order chi connectivity index (χ1) is 5.27. The lowest BCUT2D eigenvalue weighted by Crippen LogP contribution is -1.86. The van der Waals surface area contributed by atoms with Crippen LogP contribution in [0.5, 0.6) is 11.5 Å². The second-order valence-corrected chi connectivity index (χ2v) is 2.51. The highest BCUT2D eigenvalue weighted by atomic mass is 19.1. The predicted octanol–water partition coefficient (Wildman–Crippen LogP) is 1.47. The molecular formula is C8H7FO2. The molecule has 0 saturated carbocycles. The summed E-state index contributed by atoms with van der Waals surface area (Å²) in [6.07, 6.45) is 0.753. The molecule has 2 rings (SSSR count). The van der Waals surface area contributed by atoms with Crippen molar-refractivity contribution < 1.29 is 14.2 Å². The Kier molecular flexibility index (Phi) is 1.24. The van der Waals surface area contributed by atoms with Gasteiger partial charge in [0.25, 0.3) is 0 Å². The minimum atomic E-state index is -0.620. The van der Waals surface area contributed by atoms with Crippen LogP contribution in [-0.4, -0.2) is 11.7 Å². The van der Waals surface area contributed by atoms with Crippen molar-refractivity contribution in [2.75, 3.05) is 6.61 Å². The maximum absolute atomic E-state index is 12.6. The van der Waals surface area contributed by atoms with Crippen LogP contribution in [0.1, 0.15) is 5.56 Å². The van der Waals surface area contributed by atoms with E-state index in [-0.39, 0.29) is 5.75 Å². The van der Waals surface area contributed by atoms with Crippen LogP contribution < -0.4 is 4.74 Å². The van der Waals surface area contributed by atoms with E-state index in [0.29, 0.717) is 12.4 Å². The summed E-state index contributed by atoms with van der Waals surface area (Å²) in [5.74, 6) is -0.361. The van der Waals surface area contributed by atoms with E-state index >= 15 is 0 Å². The molecule has 0 fully saturated rings. The molecule has 1 aromatic rings. The third-order valence-electron chi connectivity index (χ3n) is 1.76. The molecule has 11 heavy (non-hydrogen) atoms. The van der Waals surface area contributed by atoms with E-state index in [1.807, 2.05) is 0 Å². The first-order valence-corrected chi connectivity index (χ1v) is 3.41. The van der Waals surface area contributed by atoms with Crippen molar-refractivity contribution in [1.82, 2.24) is 0 Å². The summed E-state index contributed by atoms with van der Waals surface area (Å²) in [5, 5.41) is 8.95. The molecular weight excluding hydrogens is 147 g/mol. The van der Waals surface area contributed by atoms with Gasteiger partial charge in [0.15, 0.2) is 11.6 Å². The average Bonchev–Trinajstić information content (AvgIpc) is 2.36. The van der Waals surface area contributed by atoms with Crippen molar-refractivity contribution in [3.8, 4) is 11.5 Å². The Morgan fingerprint density at radius 3 is 3.09 bits per heavy atom. The monoisotopic (exact) mass is 154 g/mol. The SMILES string of the molecule is Oc1cc2c(cc1F)OCC2. The summed E-state index contributed by atoms with van der Waals surface area (Å²) in [4.78, 5) is 0. The predicted molar refractivity (Wildman–Crippen MR) is 37.3 cm³/mol. The Morgan fingerprint density at radius 2 is 2.27 bits per heavy atom. The molecule has 1 N–H and O–H groups in total. The van der Waals surface area contributed by atoms with Gasteiger partial charge in [-0.2, -0.15) is 0 Å². The number of fused-ring (bicyclic) bond motifs is 1. The molecule has 0 bridgehead atoms. The van der Waals surface area contributed by atoms with Gasteiger partial charge in [0, 0.05) is 18.1 Å². The number of phenolic OH excluding ortho intramolecular Hbond substituents is 1. The molecule has 1 aliphatic heterocycles. The van der Waals surface area contributed by atoms with Crippen molar-refractivity contribution in [1.29, 1.82) is 0 Å². The van der Waals surface area contributed by atoms with Gasteiger partial charge in [-0.05, 0) is 6.07 Å². The zero-order valence-electron chi connectivity index (χ0n) is 5.80. The summed E-state index contributed by atoms with van der Waals surface area (Å²) >= 11 is 0. The van der Waals surface area contributed by atoms with Crippen LogP contribution in [0.3, 0.4) is 0 Å². The lowest BCUT2D eigenvalue weighted by molar-refractivity contribution is 0.353. The normalized spacial score (nSPS) is 14.3. The molecule has 3 heteroatoms. The lowest BCUT2D eigenvalue weighted by atomic mass is 10.1. The Hall–Kier alpha value is -1.25. The van der Waals surface area contributed by atoms with E-state index in [0.717, 1.165) is 12.0 Å². The molecule has 0 amide bonds. The second-order valence-electron chi connectivity index (χ2n) is 2.51. The van der Waals surface area contributed by atoms with Crippen LogP contribution >= 0.6 is 0 Å². The maximum Gasteiger partial charge on any atom is 0.168 e. The third-order valence-corrected chi connectivity index (χ3v) is 1.76. The topological polar surface area (TPSA) is 29.5 Å². The minimum absolute atomic E-state index is 0.297. The average molecular weight is 154 g/mol. The van der Waals surface area contributed by atoms with Gasteiger partial charge in [0.05, 0.1) is 6.61 Å². The molecule has 0 spiro atoms. The van der Waals surface area contributed by atoms with Gasteiger partial charge in [0.2, 0.25) is 0 Å². The molecule has 0 saturated heterocycles. The number of rotatable bonds is 0. The lowest BCUT2D eigenvalue weighted by Gasteiger charge is -1.99. The van der Waals surface area contributed by atoms with Crippen LogP contribution in [0.25, 0.3) is 0 Å². The molecule has 0 aromatic heterocycles. The van der Waals surface area contributed by atoms with Gasteiger partial charge in [0.1, 0.15) is 5.75 Å². The molecule has 0 radical (unpaired) electrons. The van der Waals surface area contributed by atoms with Crippen LogP contribution in [0.15, 0.2) is 12.1 Å². The Bertz CT molecular complexity index is 267. The fourth-order valence-corrected chi connectivity index (χ4v) is 1.19.